The Hall–Kier alpha value is -10.7. The van der Waals surface area contributed by atoms with Crippen molar-refractivity contribution in [3.8, 4) is 0 Å². The minimum atomic E-state index is -2.87. The number of Topliss-reactive ketones (excluding diaryl/α,β-unsaturated/α-hetero) is 1. The molecule has 138 heavy (non-hydrogen) atoms. The molecule has 7 atom stereocenters. The number of aromatic nitrogens is 2. The van der Waals surface area contributed by atoms with E-state index in [1.807, 2.05) is 140 Å². The summed E-state index contributed by atoms with van der Waals surface area (Å²) < 4.78 is 187. The number of allylic oxidation sites excluding steroid dienone is 2. The normalized spacial score (nSPS) is 23.6. The van der Waals surface area contributed by atoms with Crippen LogP contribution in [0.4, 0.5) is 43.9 Å². The number of carboxylic acid groups (broad SMARTS) is 3. The molecule has 0 bridgehead atoms. The van der Waals surface area contributed by atoms with Crippen LogP contribution in [0.15, 0.2) is 207 Å². The van der Waals surface area contributed by atoms with E-state index in [4.69, 9.17) is 67.9 Å². The molecule has 0 amide bonds. The van der Waals surface area contributed by atoms with Crippen molar-refractivity contribution in [2.75, 3.05) is 39.6 Å². The first kappa shape index (κ1) is 127. The van der Waals surface area contributed by atoms with Gasteiger partial charge in [0.25, 0.3) is 29.6 Å². The van der Waals surface area contributed by atoms with Crippen LogP contribution < -0.4 is 29.6 Å². The Morgan fingerprint density at radius 3 is 0.906 bits per heavy atom. The number of hydrogen-bond acceptors (Lipinski definition) is 26. The Kier molecular flexibility index (Phi) is 55.6. The first-order chi connectivity index (χ1) is 62.7. The van der Waals surface area contributed by atoms with E-state index in [2.05, 4.69) is 37.3 Å². The molecule has 6 aromatic rings. The fraction of sp³-hybridized carbons (Fsp3) is 0.490. The molecule has 7 aliphatic rings. The molecule has 0 aliphatic carbocycles. The fourth-order valence-electron chi connectivity index (χ4n) is 11.5. The Balaban J connectivity index is 0.00000153. The number of aliphatic carboxylic acids is 3. The Morgan fingerprint density at radius 1 is 0.399 bits per heavy atom. The van der Waals surface area contributed by atoms with Crippen molar-refractivity contribution < 1.29 is 204 Å². The van der Waals surface area contributed by atoms with Crippen LogP contribution in [-0.4, -0.2) is 204 Å². The molecule has 0 spiro atoms. The van der Waals surface area contributed by atoms with E-state index in [9.17, 15) is 87.1 Å². The molecule has 6 saturated heterocycles. The molecule has 13 rings (SSSR count). The second-order valence-electron chi connectivity index (χ2n) is 32.9. The monoisotopic (exact) mass is 1970 g/mol. The summed E-state index contributed by atoms with van der Waals surface area (Å²) >= 11 is 0. The number of ketones is 1. The average Bonchev–Trinajstić information content (AvgIpc) is 0.789. The van der Waals surface area contributed by atoms with Gasteiger partial charge in [0.05, 0.1) is 24.3 Å². The van der Waals surface area contributed by atoms with Gasteiger partial charge in [-0.15, -0.1) is 0 Å². The van der Waals surface area contributed by atoms with E-state index < -0.39 is 157 Å². The van der Waals surface area contributed by atoms with E-state index in [1.165, 1.54) is 40.7 Å². The van der Waals surface area contributed by atoms with Gasteiger partial charge >= 0.3 is 77.3 Å². The number of ether oxygens (including phenoxy) is 12. The van der Waals surface area contributed by atoms with E-state index in [-0.39, 0.29) is 146 Å². The Labute approximate surface area is 818 Å². The Bertz CT molecular complexity index is 4470. The predicted octanol–water partition coefficient (Wildman–Crippen LogP) is 15.1. The molecule has 29 nitrogen and oxygen atoms in total. The van der Waals surface area contributed by atoms with Crippen LogP contribution in [0.1, 0.15) is 194 Å². The van der Waals surface area contributed by atoms with Crippen molar-refractivity contribution in [1.29, 1.82) is 0 Å². The zero-order valence-electron chi connectivity index (χ0n) is 77.2. The average molecular weight is 1980 g/mol. The number of hydrogen-bond donors (Lipinski definition) is 4. The van der Waals surface area contributed by atoms with E-state index in [0.29, 0.717) is 55.7 Å². The van der Waals surface area contributed by atoms with Gasteiger partial charge in [0.1, 0.15) is 79.0 Å². The SMILES string of the molecule is C.C.C=C(C)C(=O)OCc1ccccc1.C=CC=O.CC1(C(=O)O)CCC(F)(F)CO1.CC1(C(=O)OCc2ccccc2)CCC(=O)CO1.CC1(C(=O)OCc2ccccc2)CCC(F)(F)CO1.CC1(C(=O)OCc2ccccc2)CCC=CO1.CC1(C(=O)OCc2ccccn2)CCC(F)(F)CO1.C[C@@]1(C(=O)O)CCC(F)(F)CO1.C[C@]1(C(=O)O)CCC(F)(F)CO1.OCc1ccccn1.[Na+].[OH-]. The standard InChI is InChI=1S/C14H16F2O3.C14H16O4.C14H16O3.C13H15F2NO3.C11H12O2.3C7H10F2O3.C6H7NO.C3H4O.2CH4.Na.H2O/c1-13(7-8-14(15,16)10-19-13)12(17)18-9-11-5-3-2-4-6-11;1-14(8-7-12(15)10-18-14)13(16)17-9-11-5-3-2-4-6-11;1-14(9-5-6-10-17-14)13(15)16-11-12-7-3-2-4-8-12;1-12(5-6-13(14,15)9-19-12)11(17)18-8-10-4-2-3-7-16-10;1-9(2)11(12)13-8-10-6-4-3-5-7-10;3*1-6(5(10)11)2-3-7(8,9)4-12-6;8-5-6-3-1-2-4-7-6;1-2-3-4;;;;/h2-6H,7-10H2,1H3;2-6H,7-10H2,1H3;2-4,6-8,10H,5,9,11H2,1H3;2-4,7H,5-6,8-9H2,1H3;3-7H,1,8H2,2H3;3*2-4H2,1H3,(H,10,11);1-4,8H,5H2;2-3H,1H2;2*1H4;;1H2/q;;;;;;;;;;;;+1;/p-1/t;;;;;2*6-;;;;;;;/m.....10......./s1. The molecule has 5 unspecified atom stereocenters. The molecule has 2 aromatic heterocycles. The number of nitrogens with zero attached hydrogens (tertiary/aromatic N) is 2. The van der Waals surface area contributed by atoms with Gasteiger partial charge in [-0.05, 0) is 159 Å². The number of carbonyl (C=O) groups excluding carboxylic acids is 7. The molecule has 40 heteroatoms. The predicted molar refractivity (Wildman–Crippen MR) is 478 cm³/mol. The molecule has 760 valence electrons. The minimum absolute atomic E-state index is 0. The first-order valence-corrected chi connectivity index (χ1v) is 42.2. The second kappa shape index (κ2) is 60.3. The van der Waals surface area contributed by atoms with Crippen LogP contribution >= 0.6 is 0 Å². The molecule has 0 radical (unpaired) electrons. The van der Waals surface area contributed by atoms with E-state index in [1.54, 1.807) is 63.7 Å². The van der Waals surface area contributed by atoms with Crippen molar-refractivity contribution in [3.63, 3.8) is 0 Å². The van der Waals surface area contributed by atoms with E-state index in [0.717, 1.165) is 28.7 Å². The number of carboxylic acids is 3. The summed E-state index contributed by atoms with van der Waals surface area (Å²) in [6.45, 7) is 15.7. The quantitative estimate of drug-likeness (QED) is 0.0138. The van der Waals surface area contributed by atoms with Crippen molar-refractivity contribution >= 4 is 59.8 Å². The zero-order chi connectivity index (χ0) is 100. The van der Waals surface area contributed by atoms with Crippen LogP contribution in [0.2, 0.25) is 0 Å². The van der Waals surface area contributed by atoms with Crippen molar-refractivity contribution in [1.82, 2.24) is 9.97 Å². The summed E-state index contributed by atoms with van der Waals surface area (Å²) in [5.41, 5.74) is -3.18. The van der Waals surface area contributed by atoms with Gasteiger partial charge in [-0.3, -0.25) is 19.6 Å². The van der Waals surface area contributed by atoms with Gasteiger partial charge in [0.2, 0.25) is 5.60 Å². The molecular formula is C98H125F10N2NaO27. The molecule has 0 saturated carbocycles. The molecule has 6 fully saturated rings. The molecule has 9 heterocycles. The number of aliphatic hydroxyl groups is 1. The van der Waals surface area contributed by atoms with Crippen molar-refractivity contribution in [2.24, 2.45) is 0 Å². The number of esters is 5. The number of aldehydes is 1. The first-order valence-electron chi connectivity index (χ1n) is 42.2. The zero-order valence-corrected chi connectivity index (χ0v) is 79.2. The smallest absolute Gasteiger partial charge is 0.870 e. The number of carbonyl (C=O) groups is 10. The third kappa shape index (κ3) is 46.8. The second-order valence-corrected chi connectivity index (χ2v) is 32.9. The van der Waals surface area contributed by atoms with Gasteiger partial charge in [-0.1, -0.05) is 161 Å². The Morgan fingerprint density at radius 2 is 0.674 bits per heavy atom. The van der Waals surface area contributed by atoms with Crippen LogP contribution in [0.5, 0.6) is 0 Å². The van der Waals surface area contributed by atoms with Gasteiger partial charge < -0.3 is 82.7 Å². The van der Waals surface area contributed by atoms with Crippen LogP contribution in [-0.2, 0) is 144 Å². The van der Waals surface area contributed by atoms with Crippen molar-refractivity contribution in [2.45, 2.75) is 269 Å². The summed E-state index contributed by atoms with van der Waals surface area (Å²) in [7, 11) is 0. The summed E-state index contributed by atoms with van der Waals surface area (Å²) in [5, 5.41) is 34.3. The van der Waals surface area contributed by atoms with Gasteiger partial charge in [0, 0.05) is 62.9 Å². The fourth-order valence-corrected chi connectivity index (χ4v) is 11.5. The van der Waals surface area contributed by atoms with Gasteiger partial charge in [-0.2, -0.15) is 0 Å². The number of alkyl halides is 10. The summed E-state index contributed by atoms with van der Waals surface area (Å²) in [6, 6.07) is 48.5. The largest absolute Gasteiger partial charge is 1.00 e. The topological polar surface area (TPSA) is 418 Å². The molecular weight excluding hydrogens is 1850 g/mol. The van der Waals surface area contributed by atoms with Crippen LogP contribution in [0.3, 0.4) is 0 Å². The summed E-state index contributed by atoms with van der Waals surface area (Å²) in [4.78, 5) is 118. The van der Waals surface area contributed by atoms with Crippen LogP contribution in [0.25, 0.3) is 0 Å². The van der Waals surface area contributed by atoms with Crippen LogP contribution in [0, 0.1) is 0 Å². The maximum absolute atomic E-state index is 13.0. The third-order valence-electron chi connectivity index (χ3n) is 20.8. The molecule has 4 aromatic carbocycles. The van der Waals surface area contributed by atoms with E-state index >= 15 is 0 Å². The maximum Gasteiger partial charge on any atom is 1.00 e. The third-order valence-corrected chi connectivity index (χ3v) is 20.8. The summed E-state index contributed by atoms with van der Waals surface area (Å²) in [5.74, 6) is -20.1. The number of pyridine rings is 2. The summed E-state index contributed by atoms with van der Waals surface area (Å²) in [6.07, 6.45) is 8.32. The van der Waals surface area contributed by atoms with Gasteiger partial charge in [-0.25, -0.2) is 82.3 Å². The number of rotatable bonds is 20. The number of aliphatic hydroxyl groups excluding tert-OH is 1. The van der Waals surface area contributed by atoms with Gasteiger partial charge in [0.15, 0.2) is 39.4 Å². The number of benzene rings is 4. The van der Waals surface area contributed by atoms with Crippen molar-refractivity contribution in [3.05, 3.63) is 241 Å². The minimum Gasteiger partial charge on any atom is -0.870 e. The molecule has 5 N–H and O–H groups in total. The molecule has 7 aliphatic heterocycles. The maximum atomic E-state index is 13.0. The number of halogens is 10.